The third-order valence-electron chi connectivity index (χ3n) is 5.37. The second-order valence-electron chi connectivity index (χ2n) is 7.68. The van der Waals surface area contributed by atoms with Gasteiger partial charge in [-0.25, -0.2) is 4.39 Å². The van der Waals surface area contributed by atoms with Gasteiger partial charge < -0.3 is 10.2 Å². The van der Waals surface area contributed by atoms with Crippen LogP contribution in [0.5, 0.6) is 0 Å². The van der Waals surface area contributed by atoms with Gasteiger partial charge in [0.2, 0.25) is 5.91 Å². The molecule has 0 aromatic heterocycles. The fraction of sp³-hybridized carbons (Fsp3) is 0.261. The molecule has 3 amide bonds. The quantitative estimate of drug-likeness (QED) is 0.614. The first-order chi connectivity index (χ1) is 15.3. The highest BCUT2D eigenvalue weighted by Gasteiger charge is 2.36. The van der Waals surface area contributed by atoms with Crippen LogP contribution in [0.1, 0.15) is 24.0 Å². The summed E-state index contributed by atoms with van der Waals surface area (Å²) in [4.78, 5) is 40.4. The maximum absolute atomic E-state index is 14.7. The smallest absolute Gasteiger partial charge is 0.294 e. The zero-order chi connectivity index (χ0) is 22.8. The first-order valence-corrected chi connectivity index (χ1v) is 11.4. The van der Waals surface area contributed by atoms with Gasteiger partial charge >= 0.3 is 0 Å². The summed E-state index contributed by atoms with van der Waals surface area (Å²) in [6.07, 6.45) is 3.59. The number of benzene rings is 2. The van der Waals surface area contributed by atoms with Gasteiger partial charge in [0.05, 0.1) is 10.6 Å². The Bertz CT molecular complexity index is 1110. The van der Waals surface area contributed by atoms with Gasteiger partial charge in [-0.1, -0.05) is 11.6 Å². The van der Waals surface area contributed by atoms with Gasteiger partial charge in [-0.05, 0) is 85.1 Å². The van der Waals surface area contributed by atoms with Crippen molar-refractivity contribution in [3.05, 3.63) is 63.3 Å². The molecule has 32 heavy (non-hydrogen) atoms. The van der Waals surface area contributed by atoms with Crippen LogP contribution in [0.15, 0.2) is 41.3 Å². The Hall–Kier alpha value is -2.84. The molecule has 2 fully saturated rings. The summed E-state index contributed by atoms with van der Waals surface area (Å²) >= 11 is 6.56. The molecule has 0 bridgehead atoms. The van der Waals surface area contributed by atoms with Crippen LogP contribution in [-0.2, 0) is 9.59 Å². The summed E-state index contributed by atoms with van der Waals surface area (Å²) in [5, 5.41) is 2.61. The second kappa shape index (κ2) is 9.34. The van der Waals surface area contributed by atoms with Gasteiger partial charge in [0.25, 0.3) is 11.1 Å². The fourth-order valence-corrected chi connectivity index (χ4v) is 4.65. The third kappa shape index (κ3) is 4.81. The van der Waals surface area contributed by atoms with Gasteiger partial charge in [-0.15, -0.1) is 0 Å². The number of nitrogens with one attached hydrogen (secondary N) is 1. The Morgan fingerprint density at radius 2 is 1.88 bits per heavy atom. The van der Waals surface area contributed by atoms with Gasteiger partial charge in [0.1, 0.15) is 12.4 Å². The lowest BCUT2D eigenvalue weighted by molar-refractivity contribution is -0.127. The highest BCUT2D eigenvalue weighted by Crippen LogP contribution is 2.34. The lowest BCUT2D eigenvalue weighted by Crippen LogP contribution is -2.36. The normalized spacial score (nSPS) is 17.5. The van der Waals surface area contributed by atoms with Crippen molar-refractivity contribution < 1.29 is 18.8 Å². The number of rotatable bonds is 5. The number of carbonyl (C=O) groups excluding carboxylic acids is 3. The lowest BCUT2D eigenvalue weighted by atomic mass is 10.1. The molecule has 0 saturated carbocycles. The molecular formula is C23H21ClFN3O3S. The van der Waals surface area contributed by atoms with E-state index in [4.69, 9.17) is 11.6 Å². The van der Waals surface area contributed by atoms with E-state index in [2.05, 4.69) is 5.32 Å². The number of hydrogen-bond acceptors (Lipinski definition) is 5. The number of thioether (sulfide) groups is 1. The van der Waals surface area contributed by atoms with E-state index in [0.717, 1.165) is 48.2 Å². The third-order valence-corrected chi connectivity index (χ3v) is 6.53. The van der Waals surface area contributed by atoms with Crippen molar-refractivity contribution in [2.24, 2.45) is 0 Å². The van der Waals surface area contributed by atoms with Crippen LogP contribution in [0.3, 0.4) is 0 Å². The summed E-state index contributed by atoms with van der Waals surface area (Å²) in [5.41, 5.74) is 2.40. The molecule has 166 valence electrons. The number of hydrogen-bond donors (Lipinski definition) is 1. The standard InChI is InChI=1S/C23H21ClFN3O3S/c1-14-10-19(27-8-2-3-9-27)18(25)11-15(14)12-20-22(30)28(23(31)32-20)13-21(29)26-17-6-4-16(24)5-7-17/h4-7,10-12H,2-3,8-9,13H2,1H3,(H,26,29). The molecule has 0 radical (unpaired) electrons. The van der Waals surface area contributed by atoms with Crippen LogP contribution in [0.2, 0.25) is 5.02 Å². The van der Waals surface area contributed by atoms with Gasteiger partial charge in [0, 0.05) is 23.8 Å². The fourth-order valence-electron chi connectivity index (χ4n) is 3.69. The summed E-state index contributed by atoms with van der Waals surface area (Å²) in [6, 6.07) is 9.65. The highest BCUT2D eigenvalue weighted by atomic mass is 35.5. The molecule has 2 aromatic carbocycles. The average Bonchev–Trinajstić information content (AvgIpc) is 3.37. The summed E-state index contributed by atoms with van der Waals surface area (Å²) in [7, 11) is 0. The number of halogens is 2. The Balaban J connectivity index is 1.47. The molecule has 1 N–H and O–H groups in total. The first kappa shape index (κ1) is 22.4. The van der Waals surface area contributed by atoms with E-state index in [1.807, 2.05) is 11.8 Å². The predicted molar refractivity (Wildman–Crippen MR) is 125 cm³/mol. The Kier molecular flexibility index (Phi) is 6.53. The lowest BCUT2D eigenvalue weighted by Gasteiger charge is -2.19. The number of nitrogens with zero attached hydrogens (tertiary/aromatic N) is 2. The van der Waals surface area contributed by atoms with Crippen LogP contribution in [0.25, 0.3) is 6.08 Å². The van der Waals surface area contributed by atoms with Crippen molar-refractivity contribution in [2.45, 2.75) is 19.8 Å². The molecule has 0 unspecified atom stereocenters. The Morgan fingerprint density at radius 3 is 2.56 bits per heavy atom. The van der Waals surface area contributed by atoms with Gasteiger partial charge in [0.15, 0.2) is 0 Å². The Morgan fingerprint density at radius 1 is 1.19 bits per heavy atom. The van der Waals surface area contributed by atoms with E-state index < -0.39 is 23.6 Å². The van der Waals surface area contributed by atoms with E-state index in [9.17, 15) is 18.8 Å². The first-order valence-electron chi connectivity index (χ1n) is 10.2. The molecule has 2 aliphatic rings. The van der Waals surface area contributed by atoms with Crippen LogP contribution in [-0.4, -0.2) is 41.6 Å². The molecule has 2 saturated heterocycles. The van der Waals surface area contributed by atoms with E-state index in [-0.39, 0.29) is 10.7 Å². The number of imide groups is 1. The maximum atomic E-state index is 14.7. The molecule has 2 aliphatic heterocycles. The van der Waals surface area contributed by atoms with Crippen molar-refractivity contribution in [2.75, 3.05) is 29.9 Å². The van der Waals surface area contributed by atoms with E-state index in [0.29, 0.717) is 22.0 Å². The molecule has 0 spiro atoms. The number of carbonyl (C=O) groups is 3. The highest BCUT2D eigenvalue weighted by molar-refractivity contribution is 8.18. The number of amides is 3. The minimum atomic E-state index is -0.574. The van der Waals surface area contributed by atoms with Crippen LogP contribution in [0.4, 0.5) is 20.6 Å². The van der Waals surface area contributed by atoms with E-state index in [1.54, 1.807) is 30.3 Å². The van der Waals surface area contributed by atoms with E-state index in [1.165, 1.54) is 12.1 Å². The minimum Gasteiger partial charge on any atom is -0.369 e. The second-order valence-corrected chi connectivity index (χ2v) is 9.11. The summed E-state index contributed by atoms with van der Waals surface area (Å²) in [6.45, 7) is 3.08. The summed E-state index contributed by atoms with van der Waals surface area (Å²) < 4.78 is 14.7. The van der Waals surface area contributed by atoms with Crippen LogP contribution in [0, 0.1) is 12.7 Å². The summed E-state index contributed by atoms with van der Waals surface area (Å²) in [5.74, 6) is -1.44. The molecule has 9 heteroatoms. The molecule has 2 heterocycles. The van der Waals surface area contributed by atoms with Crippen LogP contribution >= 0.6 is 23.4 Å². The molecule has 0 atom stereocenters. The van der Waals surface area contributed by atoms with Crippen molar-refractivity contribution in [1.29, 1.82) is 0 Å². The molecule has 0 aliphatic carbocycles. The number of anilines is 2. The average molecular weight is 474 g/mol. The van der Waals surface area contributed by atoms with Gasteiger partial charge in [-0.2, -0.15) is 0 Å². The maximum Gasteiger partial charge on any atom is 0.294 e. The van der Waals surface area contributed by atoms with Crippen molar-refractivity contribution in [1.82, 2.24) is 4.90 Å². The van der Waals surface area contributed by atoms with Gasteiger partial charge in [-0.3, -0.25) is 19.3 Å². The molecule has 6 nitrogen and oxygen atoms in total. The SMILES string of the molecule is Cc1cc(N2CCCC2)c(F)cc1C=C1SC(=O)N(CC(=O)Nc2ccc(Cl)cc2)C1=O. The largest absolute Gasteiger partial charge is 0.369 e. The van der Waals surface area contributed by atoms with Crippen molar-refractivity contribution in [3.63, 3.8) is 0 Å². The van der Waals surface area contributed by atoms with Crippen molar-refractivity contribution in [3.8, 4) is 0 Å². The van der Waals surface area contributed by atoms with Crippen LogP contribution < -0.4 is 10.2 Å². The minimum absolute atomic E-state index is 0.158. The Labute approximate surface area is 194 Å². The zero-order valence-electron chi connectivity index (χ0n) is 17.4. The zero-order valence-corrected chi connectivity index (χ0v) is 18.9. The molecular weight excluding hydrogens is 453 g/mol. The topological polar surface area (TPSA) is 69.7 Å². The monoisotopic (exact) mass is 473 g/mol. The molecule has 4 rings (SSSR count). The van der Waals surface area contributed by atoms with E-state index >= 15 is 0 Å². The van der Waals surface area contributed by atoms with Crippen molar-refractivity contribution >= 4 is 57.9 Å². The molecule has 2 aromatic rings. The predicted octanol–water partition coefficient (Wildman–Crippen LogP) is 5.06. The number of aryl methyl sites for hydroxylation is 1.